The molecule has 0 aromatic heterocycles. The maximum Gasteiger partial charge on any atom is 0.194 e. The number of aryl methyl sites for hydroxylation is 2. The number of anilines is 6. The van der Waals surface area contributed by atoms with Gasteiger partial charge in [0.15, 0.2) is 34.9 Å². The Morgan fingerprint density at radius 3 is 0.913 bits per heavy atom. The lowest BCUT2D eigenvalue weighted by atomic mass is 9.67. The number of rotatable bonds is 17. The number of ether oxygens (including phenoxy) is 2. The molecule has 2 aliphatic carbocycles. The summed E-state index contributed by atoms with van der Waals surface area (Å²) in [6.07, 6.45) is 3.47. The molecule has 16 rings (SSSR count). The van der Waals surface area contributed by atoms with Crippen LogP contribution in [0.25, 0.3) is 45.5 Å². The maximum absolute atomic E-state index is 16.1. The minimum absolute atomic E-state index is 0.136. The number of nitrogens with zero attached hydrogens (tertiary/aromatic N) is 2. The Balaban J connectivity index is 0.788. The molecule has 0 saturated heterocycles. The van der Waals surface area contributed by atoms with Crippen molar-refractivity contribution < 1.29 is 44.6 Å². The molecule has 2 unspecified atom stereocenters. The van der Waals surface area contributed by atoms with E-state index in [9.17, 15) is 0 Å². The van der Waals surface area contributed by atoms with Gasteiger partial charge >= 0.3 is 0 Å². The summed E-state index contributed by atoms with van der Waals surface area (Å²) in [6, 6.07) is 85.7. The summed E-state index contributed by atoms with van der Waals surface area (Å²) in [5.41, 5.74) is 11.9. The Hall–Kier alpha value is -12.8. The lowest BCUT2D eigenvalue weighted by Crippen LogP contribution is -2.29. The molecule has 0 amide bonds. The van der Waals surface area contributed by atoms with E-state index in [1.54, 1.807) is 62.4 Å². The molecule has 14 aromatic rings. The van der Waals surface area contributed by atoms with Crippen molar-refractivity contribution in [2.45, 2.75) is 24.7 Å². The molecule has 4 nitrogen and oxygen atoms in total. The van der Waals surface area contributed by atoms with Gasteiger partial charge in [-0.2, -0.15) is 0 Å². The largest absolute Gasteiger partial charge is 0.457 e. The van der Waals surface area contributed by atoms with Gasteiger partial charge in [-0.25, -0.2) is 35.1 Å². The minimum atomic E-state index is -1.60. The van der Waals surface area contributed by atoms with Crippen LogP contribution in [0.15, 0.2) is 304 Å². The molecular formula is C92H60F8N2O2. The number of hydrogen-bond acceptors (Lipinski definition) is 4. The third-order valence-electron chi connectivity index (χ3n) is 20.1. The van der Waals surface area contributed by atoms with Gasteiger partial charge in [-0.3, -0.25) is 0 Å². The van der Waals surface area contributed by atoms with Crippen LogP contribution in [0.4, 0.5) is 69.2 Å². The minimum Gasteiger partial charge on any atom is -0.457 e. The van der Waals surface area contributed by atoms with Crippen LogP contribution in [-0.4, -0.2) is 0 Å². The lowest BCUT2D eigenvalue weighted by Gasteiger charge is -2.35. The van der Waals surface area contributed by atoms with E-state index in [4.69, 9.17) is 9.47 Å². The number of halogens is 8. The summed E-state index contributed by atoms with van der Waals surface area (Å²) in [4.78, 5) is 3.81. The summed E-state index contributed by atoms with van der Waals surface area (Å²) in [7, 11) is 0. The first-order chi connectivity index (χ1) is 50.5. The van der Waals surface area contributed by atoms with Crippen LogP contribution in [0.2, 0.25) is 0 Å². The molecule has 0 bridgehead atoms. The van der Waals surface area contributed by atoms with Crippen molar-refractivity contribution in [2.75, 3.05) is 9.80 Å². The van der Waals surface area contributed by atoms with Crippen LogP contribution in [-0.2, 0) is 10.8 Å². The lowest BCUT2D eigenvalue weighted by molar-refractivity contribution is 0.443. The highest BCUT2D eigenvalue weighted by Gasteiger charge is 2.49. The van der Waals surface area contributed by atoms with Gasteiger partial charge in [0, 0.05) is 34.1 Å². The predicted molar refractivity (Wildman–Crippen MR) is 398 cm³/mol. The van der Waals surface area contributed by atoms with E-state index in [0.29, 0.717) is 102 Å². The molecule has 506 valence electrons. The zero-order valence-electron chi connectivity index (χ0n) is 56.0. The average molecular weight is 1380 g/mol. The number of fused-ring (bicyclic) bond motifs is 6. The van der Waals surface area contributed by atoms with Crippen molar-refractivity contribution in [1.82, 2.24) is 0 Å². The maximum atomic E-state index is 16.1. The molecule has 12 heteroatoms. The fourth-order valence-electron chi connectivity index (χ4n) is 15.0. The number of hydrogen-bond donors (Lipinski definition) is 0. The summed E-state index contributed by atoms with van der Waals surface area (Å²) in [5.74, 6) is -7.38. The Kier molecular flexibility index (Phi) is 16.6. The fraction of sp³-hybridized carbons (Fsp3) is 0.0435. The predicted octanol–water partition coefficient (Wildman–Crippen LogP) is 25.6. The third kappa shape index (κ3) is 11.2. The van der Waals surface area contributed by atoms with Gasteiger partial charge in [-0.05, 0) is 260 Å². The highest BCUT2D eigenvalue weighted by molar-refractivity contribution is 5.92. The summed E-state index contributed by atoms with van der Waals surface area (Å²) in [6.45, 7) is 11.0. The van der Waals surface area contributed by atoms with Crippen molar-refractivity contribution in [3.8, 4) is 56.4 Å². The second-order valence-electron chi connectivity index (χ2n) is 26.0. The molecule has 0 N–H and O–H groups in total. The first-order valence-corrected chi connectivity index (χ1v) is 33.7. The molecular weight excluding hydrogens is 1320 g/mol. The van der Waals surface area contributed by atoms with Crippen molar-refractivity contribution >= 4 is 46.3 Å². The zero-order valence-corrected chi connectivity index (χ0v) is 56.0. The smallest absolute Gasteiger partial charge is 0.194 e. The van der Waals surface area contributed by atoms with Gasteiger partial charge in [0.2, 0.25) is 0 Å². The van der Waals surface area contributed by atoms with Crippen LogP contribution in [0, 0.1) is 60.4 Å². The third-order valence-corrected chi connectivity index (χ3v) is 20.1. The highest BCUT2D eigenvalue weighted by Crippen LogP contribution is 2.60. The van der Waals surface area contributed by atoms with E-state index in [1.807, 2.05) is 228 Å². The topological polar surface area (TPSA) is 24.9 Å². The summed E-state index contributed by atoms with van der Waals surface area (Å²) in [5, 5.41) is 0. The fourth-order valence-corrected chi connectivity index (χ4v) is 15.0. The second-order valence-corrected chi connectivity index (χ2v) is 26.0. The molecule has 2 aliphatic rings. The van der Waals surface area contributed by atoms with Crippen LogP contribution >= 0.6 is 0 Å². The van der Waals surface area contributed by atoms with Crippen LogP contribution < -0.4 is 19.3 Å². The highest BCUT2D eigenvalue weighted by atomic mass is 19.2. The molecule has 0 radical (unpaired) electrons. The average Bonchev–Trinajstić information content (AvgIpc) is 1.53. The van der Waals surface area contributed by atoms with E-state index < -0.39 is 57.4 Å². The van der Waals surface area contributed by atoms with Crippen molar-refractivity contribution in [3.63, 3.8) is 0 Å². The van der Waals surface area contributed by atoms with Crippen molar-refractivity contribution in [2.24, 2.45) is 0 Å². The van der Waals surface area contributed by atoms with E-state index in [-0.39, 0.29) is 11.1 Å². The van der Waals surface area contributed by atoms with Crippen molar-refractivity contribution in [3.05, 3.63) is 418 Å². The van der Waals surface area contributed by atoms with Crippen LogP contribution in [0.1, 0.15) is 66.8 Å². The molecule has 0 aliphatic heterocycles. The molecule has 2 atom stereocenters. The molecule has 104 heavy (non-hydrogen) atoms. The Labute approximate surface area is 596 Å². The van der Waals surface area contributed by atoms with Gasteiger partial charge < -0.3 is 19.3 Å². The van der Waals surface area contributed by atoms with E-state index in [0.717, 1.165) is 68.8 Å². The monoisotopic (exact) mass is 1380 g/mol. The standard InChI is InChI=1S/C92H60F8N2O2/c1-5-57-17-37-71(38-18-57)103-73-41-25-61(26-42-73)91(63-47-85(95)89(99)86(96)48-63)79-13-9-7-11-75(79)77-45-35-67(51-81(77)91)101(69-29-15-55(3)83(93)53-69)65-31-21-59(22-32-65)60-23-33-66(34-24-60)102(70-30-16-56(4)84(94)54-70)68-36-46-78-76-12-8-10-14-80(76)92(82(78)52-68,64-49-87(97)90(100)88(98)50-64)62-27-43-74(44-28-62)104-72-39-19-58(6-2)20-40-72/h5-54H,1-2H2,3-4H3. The summed E-state index contributed by atoms with van der Waals surface area (Å²) < 4.78 is 139. The van der Waals surface area contributed by atoms with E-state index in [2.05, 4.69) is 13.2 Å². The Bertz CT molecular complexity index is 5330. The molecule has 14 aromatic carbocycles. The normalized spacial score (nSPS) is 14.6. The SMILES string of the molecule is C=Cc1ccc(Oc2ccc(C3(c4cc(F)c(F)c(F)c4)c4ccccc4-c4ccc(N(c5ccc(-c6ccc(N(c7ccc(C)c(F)c7)c7ccc8c(c7)C(c7ccc(Oc9ccc(C=C)cc9)cc7)(c7cc(F)c(F)c(F)c7)c7ccccc7-8)cc6)cc5)c5ccc(C)c(F)c5)cc43)cc2)cc1. The number of benzene rings is 14. The molecule has 0 heterocycles. The van der Waals surface area contributed by atoms with Gasteiger partial charge in [-0.1, -0.05) is 171 Å². The van der Waals surface area contributed by atoms with E-state index in [1.165, 1.54) is 12.1 Å². The Morgan fingerprint density at radius 1 is 0.279 bits per heavy atom. The quantitative estimate of drug-likeness (QED) is 0.0670. The second kappa shape index (κ2) is 26.3. The van der Waals surface area contributed by atoms with Gasteiger partial charge in [0.05, 0.1) is 10.8 Å². The molecule has 0 fully saturated rings. The first-order valence-electron chi connectivity index (χ1n) is 33.7. The van der Waals surface area contributed by atoms with Gasteiger partial charge in [0.1, 0.15) is 34.6 Å². The molecule has 0 spiro atoms. The van der Waals surface area contributed by atoms with Gasteiger partial charge in [-0.15, -0.1) is 0 Å². The summed E-state index contributed by atoms with van der Waals surface area (Å²) >= 11 is 0. The van der Waals surface area contributed by atoms with Crippen LogP contribution in [0.3, 0.4) is 0 Å². The van der Waals surface area contributed by atoms with Crippen molar-refractivity contribution in [1.29, 1.82) is 0 Å². The molecule has 0 saturated carbocycles. The first kappa shape index (κ1) is 65.8. The van der Waals surface area contributed by atoms with Crippen LogP contribution in [0.5, 0.6) is 23.0 Å². The zero-order chi connectivity index (χ0) is 71.7. The van der Waals surface area contributed by atoms with Gasteiger partial charge in [0.25, 0.3) is 0 Å². The Morgan fingerprint density at radius 2 is 0.577 bits per heavy atom. The van der Waals surface area contributed by atoms with E-state index >= 15 is 35.1 Å².